The van der Waals surface area contributed by atoms with E-state index in [-0.39, 0.29) is 6.04 Å². The minimum absolute atomic E-state index is 0.201. The lowest BCUT2D eigenvalue weighted by molar-refractivity contribution is 0.327. The Bertz CT molecular complexity index is 323. The molecule has 0 bridgehead atoms. The number of hydrogen-bond donors (Lipinski definition) is 1. The molecule has 1 N–H and O–H groups in total. The van der Waals surface area contributed by atoms with Gasteiger partial charge in [-0.3, -0.25) is 0 Å². The van der Waals surface area contributed by atoms with Gasteiger partial charge in [0.05, 0.1) is 11.5 Å². The molecular weight excluding hydrogens is 236 g/mol. The summed E-state index contributed by atoms with van der Waals surface area (Å²) < 4.78 is 22.9. The van der Waals surface area contributed by atoms with Crippen molar-refractivity contribution in [1.82, 2.24) is 10.2 Å². The molecule has 0 amide bonds. The van der Waals surface area contributed by atoms with Gasteiger partial charge in [0.2, 0.25) is 0 Å². The molecule has 2 aliphatic heterocycles. The van der Waals surface area contributed by atoms with Crippen molar-refractivity contribution in [2.24, 2.45) is 0 Å². The predicted molar refractivity (Wildman–Crippen MR) is 70.0 cm³/mol. The lowest BCUT2D eigenvalue weighted by Crippen LogP contribution is -2.41. The molecule has 0 aromatic carbocycles. The van der Waals surface area contributed by atoms with E-state index >= 15 is 0 Å². The second-order valence-corrected chi connectivity index (χ2v) is 7.54. The number of hydrogen-bond acceptors (Lipinski definition) is 4. The third-order valence-corrected chi connectivity index (χ3v) is 5.57. The Kier molecular flexibility index (Phi) is 4.82. The molecule has 100 valence electrons. The van der Waals surface area contributed by atoms with Crippen LogP contribution in [-0.2, 0) is 9.84 Å². The fourth-order valence-electron chi connectivity index (χ4n) is 2.80. The molecule has 2 fully saturated rings. The lowest BCUT2D eigenvalue weighted by atomic mass is 10.2. The highest BCUT2D eigenvalue weighted by Crippen LogP contribution is 2.12. The molecule has 2 heterocycles. The maximum absolute atomic E-state index is 11.5. The van der Waals surface area contributed by atoms with E-state index in [1.807, 2.05) is 0 Å². The van der Waals surface area contributed by atoms with Gasteiger partial charge in [0.25, 0.3) is 0 Å². The summed E-state index contributed by atoms with van der Waals surface area (Å²) in [7, 11) is -2.76. The Balaban J connectivity index is 1.58. The van der Waals surface area contributed by atoms with Gasteiger partial charge in [-0.25, -0.2) is 8.42 Å². The van der Waals surface area contributed by atoms with Crippen molar-refractivity contribution in [2.45, 2.75) is 38.1 Å². The summed E-state index contributed by atoms with van der Waals surface area (Å²) in [6, 6.07) is 0.201. The largest absolute Gasteiger partial charge is 0.313 e. The first-order valence-corrected chi connectivity index (χ1v) is 8.64. The molecular formula is C12H24N2O2S. The van der Waals surface area contributed by atoms with Crippen LogP contribution in [0.2, 0.25) is 0 Å². The zero-order chi connectivity index (χ0) is 12.1. The van der Waals surface area contributed by atoms with Crippen LogP contribution in [0.3, 0.4) is 0 Å². The van der Waals surface area contributed by atoms with Crippen molar-refractivity contribution in [1.29, 1.82) is 0 Å². The highest BCUT2D eigenvalue weighted by Gasteiger charge is 2.23. The van der Waals surface area contributed by atoms with Crippen LogP contribution in [-0.4, -0.2) is 57.0 Å². The van der Waals surface area contributed by atoms with Crippen molar-refractivity contribution in [3.63, 3.8) is 0 Å². The van der Waals surface area contributed by atoms with E-state index < -0.39 is 9.84 Å². The lowest BCUT2D eigenvalue weighted by Gasteiger charge is -2.23. The van der Waals surface area contributed by atoms with Gasteiger partial charge >= 0.3 is 0 Å². The quantitative estimate of drug-likeness (QED) is 0.737. The zero-order valence-electron chi connectivity index (χ0n) is 10.5. The van der Waals surface area contributed by atoms with E-state index in [1.54, 1.807) is 0 Å². The first-order chi connectivity index (χ1) is 8.16. The molecule has 5 heteroatoms. The van der Waals surface area contributed by atoms with E-state index in [0.29, 0.717) is 11.5 Å². The highest BCUT2D eigenvalue weighted by molar-refractivity contribution is 7.91. The van der Waals surface area contributed by atoms with Gasteiger partial charge in [-0.05, 0) is 58.3 Å². The van der Waals surface area contributed by atoms with Gasteiger partial charge in [0.1, 0.15) is 0 Å². The van der Waals surface area contributed by atoms with Crippen molar-refractivity contribution in [2.75, 3.05) is 37.7 Å². The summed E-state index contributed by atoms with van der Waals surface area (Å²) in [5.74, 6) is 0.732. The maximum atomic E-state index is 11.5. The van der Waals surface area contributed by atoms with Crippen LogP contribution in [0.5, 0.6) is 0 Å². The molecule has 0 saturated carbocycles. The van der Waals surface area contributed by atoms with Crippen LogP contribution < -0.4 is 5.32 Å². The molecule has 0 aromatic heterocycles. The minimum atomic E-state index is -2.76. The Morgan fingerprint density at radius 2 is 1.94 bits per heavy atom. The Morgan fingerprint density at radius 1 is 1.18 bits per heavy atom. The topological polar surface area (TPSA) is 49.4 Å². The number of sulfone groups is 1. The standard InChI is InChI=1S/C12H24N2O2S/c15-17(16)10-3-5-12(11-17)13-6-4-9-14-7-1-2-8-14/h12-13H,1-11H2. The van der Waals surface area contributed by atoms with E-state index in [4.69, 9.17) is 0 Å². The van der Waals surface area contributed by atoms with Gasteiger partial charge < -0.3 is 10.2 Å². The van der Waals surface area contributed by atoms with E-state index in [1.165, 1.54) is 25.9 Å². The summed E-state index contributed by atoms with van der Waals surface area (Å²) in [4.78, 5) is 2.50. The average molecular weight is 260 g/mol. The minimum Gasteiger partial charge on any atom is -0.313 e. The van der Waals surface area contributed by atoms with Crippen LogP contribution in [0.25, 0.3) is 0 Å². The Morgan fingerprint density at radius 3 is 2.65 bits per heavy atom. The molecule has 2 rings (SSSR count). The van der Waals surface area contributed by atoms with Crippen LogP contribution in [0.15, 0.2) is 0 Å². The average Bonchev–Trinajstić information content (AvgIpc) is 2.76. The first kappa shape index (κ1) is 13.3. The van der Waals surface area contributed by atoms with Gasteiger partial charge in [-0.2, -0.15) is 0 Å². The highest BCUT2D eigenvalue weighted by atomic mass is 32.2. The van der Waals surface area contributed by atoms with Crippen molar-refractivity contribution < 1.29 is 8.42 Å². The smallest absolute Gasteiger partial charge is 0.151 e. The third-order valence-electron chi connectivity index (χ3n) is 3.75. The van der Waals surface area contributed by atoms with E-state index in [2.05, 4.69) is 10.2 Å². The van der Waals surface area contributed by atoms with Gasteiger partial charge in [-0.1, -0.05) is 0 Å². The monoisotopic (exact) mass is 260 g/mol. The molecule has 0 radical (unpaired) electrons. The zero-order valence-corrected chi connectivity index (χ0v) is 11.3. The van der Waals surface area contributed by atoms with Crippen molar-refractivity contribution in [3.8, 4) is 0 Å². The molecule has 17 heavy (non-hydrogen) atoms. The van der Waals surface area contributed by atoms with Gasteiger partial charge in [0.15, 0.2) is 9.84 Å². The predicted octanol–water partition coefficient (Wildman–Crippen LogP) is 0.639. The molecule has 1 atom stereocenters. The molecule has 0 aliphatic carbocycles. The molecule has 2 aliphatic rings. The fraction of sp³-hybridized carbons (Fsp3) is 1.00. The second kappa shape index (κ2) is 6.16. The first-order valence-electron chi connectivity index (χ1n) is 6.82. The summed E-state index contributed by atoms with van der Waals surface area (Å²) in [6.45, 7) is 4.61. The van der Waals surface area contributed by atoms with Gasteiger partial charge in [0, 0.05) is 6.04 Å². The van der Waals surface area contributed by atoms with Crippen LogP contribution >= 0.6 is 0 Å². The van der Waals surface area contributed by atoms with Crippen LogP contribution in [0.4, 0.5) is 0 Å². The fourth-order valence-corrected chi connectivity index (χ4v) is 4.47. The van der Waals surface area contributed by atoms with Gasteiger partial charge in [-0.15, -0.1) is 0 Å². The summed E-state index contributed by atoms with van der Waals surface area (Å²) in [5.41, 5.74) is 0. The third kappa shape index (κ3) is 4.56. The molecule has 2 saturated heterocycles. The maximum Gasteiger partial charge on any atom is 0.151 e. The molecule has 0 spiro atoms. The Labute approximate surface area is 105 Å². The number of nitrogens with zero attached hydrogens (tertiary/aromatic N) is 1. The van der Waals surface area contributed by atoms with Crippen molar-refractivity contribution in [3.05, 3.63) is 0 Å². The number of nitrogens with one attached hydrogen (secondary N) is 1. The van der Waals surface area contributed by atoms with Crippen LogP contribution in [0, 0.1) is 0 Å². The van der Waals surface area contributed by atoms with Crippen LogP contribution in [0.1, 0.15) is 32.1 Å². The van der Waals surface area contributed by atoms with E-state index in [9.17, 15) is 8.42 Å². The van der Waals surface area contributed by atoms with E-state index in [0.717, 1.165) is 32.4 Å². The summed E-state index contributed by atoms with van der Waals surface area (Å²) in [5, 5.41) is 3.40. The second-order valence-electron chi connectivity index (χ2n) is 5.31. The normalized spacial score (nSPS) is 29.5. The summed E-state index contributed by atoms with van der Waals surface area (Å²) >= 11 is 0. The summed E-state index contributed by atoms with van der Waals surface area (Å²) in [6.07, 6.45) is 5.66. The number of rotatable bonds is 5. The van der Waals surface area contributed by atoms with Crippen molar-refractivity contribution >= 4 is 9.84 Å². The number of likely N-dealkylation sites (tertiary alicyclic amines) is 1. The molecule has 4 nitrogen and oxygen atoms in total. The molecule has 0 aromatic rings. The SMILES string of the molecule is O=S1(=O)CCCC(NCCCN2CCCC2)C1. The Hall–Kier alpha value is -0.130. The molecule has 1 unspecified atom stereocenters.